The molecule has 1 saturated heterocycles. The van der Waals surface area contributed by atoms with Crippen LogP contribution in [0.15, 0.2) is 6.20 Å². The molecule has 1 aliphatic rings. The minimum absolute atomic E-state index is 0.348. The van der Waals surface area contributed by atoms with Crippen molar-refractivity contribution in [2.75, 3.05) is 13.2 Å². The van der Waals surface area contributed by atoms with E-state index in [0.29, 0.717) is 23.7 Å². The molecular weight excluding hydrogens is 232 g/mol. The second-order valence-electron chi connectivity index (χ2n) is 4.60. The van der Waals surface area contributed by atoms with Crippen LogP contribution in [0, 0.1) is 6.92 Å². The van der Waals surface area contributed by atoms with Gasteiger partial charge in [0, 0.05) is 12.8 Å². The van der Waals surface area contributed by atoms with Crippen LogP contribution in [-0.2, 0) is 15.1 Å². The molecule has 0 saturated carbocycles. The lowest BCUT2D eigenvalue weighted by Crippen LogP contribution is -2.24. The van der Waals surface area contributed by atoms with Crippen LogP contribution in [0.4, 0.5) is 0 Å². The Hall–Kier alpha value is -1.49. The van der Waals surface area contributed by atoms with Crippen LogP contribution in [0.25, 0.3) is 0 Å². The third-order valence-electron chi connectivity index (χ3n) is 3.17. The monoisotopic (exact) mass is 250 g/mol. The maximum atomic E-state index is 11.6. The van der Waals surface area contributed by atoms with E-state index in [1.54, 1.807) is 13.8 Å². The zero-order chi connectivity index (χ0) is 13.2. The van der Waals surface area contributed by atoms with Crippen molar-refractivity contribution in [3.05, 3.63) is 23.3 Å². The van der Waals surface area contributed by atoms with Gasteiger partial charge in [0.25, 0.3) is 0 Å². The zero-order valence-electron chi connectivity index (χ0n) is 11.0. The van der Waals surface area contributed by atoms with Gasteiger partial charge in [0.1, 0.15) is 5.60 Å². The van der Waals surface area contributed by atoms with Gasteiger partial charge in [-0.25, -0.2) is 14.8 Å². The van der Waals surface area contributed by atoms with Gasteiger partial charge in [-0.2, -0.15) is 0 Å². The highest BCUT2D eigenvalue weighted by molar-refractivity contribution is 5.90. The summed E-state index contributed by atoms with van der Waals surface area (Å²) in [6, 6.07) is 0. The van der Waals surface area contributed by atoms with E-state index in [1.165, 1.54) is 6.20 Å². The number of carbonyl (C=O) groups excluding carboxylic acids is 1. The quantitative estimate of drug-likeness (QED) is 0.768. The summed E-state index contributed by atoms with van der Waals surface area (Å²) in [6.07, 6.45) is 3.45. The van der Waals surface area contributed by atoms with Crippen molar-refractivity contribution in [2.45, 2.75) is 39.2 Å². The van der Waals surface area contributed by atoms with E-state index < -0.39 is 5.60 Å². The van der Waals surface area contributed by atoms with Gasteiger partial charge >= 0.3 is 5.97 Å². The maximum absolute atomic E-state index is 11.6. The number of hydrogen-bond acceptors (Lipinski definition) is 5. The molecule has 1 fully saturated rings. The molecule has 0 spiro atoms. The summed E-state index contributed by atoms with van der Waals surface area (Å²) >= 11 is 0. The van der Waals surface area contributed by atoms with E-state index >= 15 is 0 Å². The third-order valence-corrected chi connectivity index (χ3v) is 3.17. The lowest BCUT2D eigenvalue weighted by Gasteiger charge is -2.21. The minimum atomic E-state index is -0.419. The Morgan fingerprint density at radius 1 is 1.61 bits per heavy atom. The highest BCUT2D eigenvalue weighted by Gasteiger charge is 2.35. The lowest BCUT2D eigenvalue weighted by molar-refractivity contribution is 0.00903. The number of rotatable bonds is 3. The summed E-state index contributed by atoms with van der Waals surface area (Å²) in [5.41, 5.74) is 0.634. The summed E-state index contributed by atoms with van der Waals surface area (Å²) in [5, 5.41) is 0. The van der Waals surface area contributed by atoms with Crippen LogP contribution in [0.5, 0.6) is 0 Å². The van der Waals surface area contributed by atoms with E-state index in [-0.39, 0.29) is 5.97 Å². The molecule has 0 aromatic carbocycles. The van der Waals surface area contributed by atoms with Gasteiger partial charge in [-0.3, -0.25) is 0 Å². The number of hydrogen-bond donors (Lipinski definition) is 0. The van der Waals surface area contributed by atoms with Crippen molar-refractivity contribution in [3.63, 3.8) is 0 Å². The number of esters is 1. The third kappa shape index (κ3) is 2.36. The normalized spacial score (nSPS) is 23.1. The van der Waals surface area contributed by atoms with Crippen LogP contribution < -0.4 is 0 Å². The van der Waals surface area contributed by atoms with Crippen LogP contribution in [0.2, 0.25) is 0 Å². The molecule has 0 N–H and O–H groups in total. The summed E-state index contributed by atoms with van der Waals surface area (Å²) in [4.78, 5) is 20.3. The lowest BCUT2D eigenvalue weighted by atomic mass is 10.0. The van der Waals surface area contributed by atoms with E-state index in [9.17, 15) is 4.79 Å². The van der Waals surface area contributed by atoms with Gasteiger partial charge in [-0.05, 0) is 33.6 Å². The van der Waals surface area contributed by atoms with Crippen LogP contribution in [0.3, 0.4) is 0 Å². The summed E-state index contributed by atoms with van der Waals surface area (Å²) < 4.78 is 10.6. The van der Waals surface area contributed by atoms with Gasteiger partial charge < -0.3 is 9.47 Å². The fraction of sp³-hybridized carbons (Fsp3) is 0.615. The fourth-order valence-electron chi connectivity index (χ4n) is 2.09. The highest BCUT2D eigenvalue weighted by Crippen LogP contribution is 2.33. The summed E-state index contributed by atoms with van der Waals surface area (Å²) in [6.45, 7) is 6.63. The molecule has 5 heteroatoms. The van der Waals surface area contributed by atoms with Gasteiger partial charge in [0.15, 0.2) is 5.82 Å². The number of aryl methyl sites for hydroxylation is 1. The average Bonchev–Trinajstić information content (AvgIpc) is 2.77. The fourth-order valence-corrected chi connectivity index (χ4v) is 2.09. The SMILES string of the molecule is CCOC(=O)c1cnc(C2(C)CCCO2)nc1C. The largest absolute Gasteiger partial charge is 0.462 e. The van der Waals surface area contributed by atoms with E-state index in [4.69, 9.17) is 9.47 Å². The average molecular weight is 250 g/mol. The smallest absolute Gasteiger partial charge is 0.341 e. The molecule has 1 atom stereocenters. The molecule has 0 aliphatic carbocycles. The summed E-state index contributed by atoms with van der Waals surface area (Å²) in [7, 11) is 0. The molecule has 98 valence electrons. The van der Waals surface area contributed by atoms with E-state index in [1.807, 2.05) is 6.92 Å². The van der Waals surface area contributed by atoms with Crippen LogP contribution in [0.1, 0.15) is 48.6 Å². The standard InChI is InChI=1S/C13H18N2O3/c1-4-17-11(16)10-8-14-12(15-9(10)2)13(3)6-5-7-18-13/h8H,4-7H2,1-3H3. The first-order valence-corrected chi connectivity index (χ1v) is 6.22. The Labute approximate surface area is 107 Å². The molecule has 2 rings (SSSR count). The first-order chi connectivity index (χ1) is 8.57. The van der Waals surface area contributed by atoms with Crippen LogP contribution >= 0.6 is 0 Å². The van der Waals surface area contributed by atoms with Gasteiger partial charge in [0.2, 0.25) is 0 Å². The number of aromatic nitrogens is 2. The molecule has 0 radical (unpaired) electrons. The Morgan fingerprint density at radius 2 is 2.39 bits per heavy atom. The molecule has 1 unspecified atom stereocenters. The predicted molar refractivity (Wildman–Crippen MR) is 65.3 cm³/mol. The van der Waals surface area contributed by atoms with Crippen molar-refractivity contribution < 1.29 is 14.3 Å². The molecule has 2 heterocycles. The topological polar surface area (TPSA) is 61.3 Å². The second-order valence-corrected chi connectivity index (χ2v) is 4.60. The molecule has 0 amide bonds. The van der Waals surface area contributed by atoms with Crippen molar-refractivity contribution in [2.24, 2.45) is 0 Å². The van der Waals surface area contributed by atoms with Crippen molar-refractivity contribution in [1.29, 1.82) is 0 Å². The van der Waals surface area contributed by atoms with Gasteiger partial charge in [0.05, 0.1) is 17.9 Å². The molecule has 5 nitrogen and oxygen atoms in total. The molecule has 1 aromatic heterocycles. The summed E-state index contributed by atoms with van der Waals surface area (Å²) in [5.74, 6) is 0.268. The number of ether oxygens (including phenoxy) is 2. The molecule has 18 heavy (non-hydrogen) atoms. The Bertz CT molecular complexity index is 454. The number of carbonyl (C=O) groups is 1. The van der Waals surface area contributed by atoms with E-state index in [0.717, 1.165) is 19.4 Å². The highest BCUT2D eigenvalue weighted by atomic mass is 16.5. The van der Waals surface area contributed by atoms with Gasteiger partial charge in [-0.15, -0.1) is 0 Å². The van der Waals surface area contributed by atoms with Gasteiger partial charge in [-0.1, -0.05) is 0 Å². The maximum Gasteiger partial charge on any atom is 0.341 e. The first-order valence-electron chi connectivity index (χ1n) is 6.22. The molecule has 1 aliphatic heterocycles. The molecule has 0 bridgehead atoms. The molecular formula is C13H18N2O3. The van der Waals surface area contributed by atoms with Crippen molar-refractivity contribution >= 4 is 5.97 Å². The van der Waals surface area contributed by atoms with Crippen LogP contribution in [-0.4, -0.2) is 29.2 Å². The predicted octanol–water partition coefficient (Wildman–Crippen LogP) is 1.99. The minimum Gasteiger partial charge on any atom is -0.462 e. The zero-order valence-corrected chi connectivity index (χ0v) is 11.0. The van der Waals surface area contributed by atoms with Crippen molar-refractivity contribution in [1.82, 2.24) is 9.97 Å². The Kier molecular flexibility index (Phi) is 3.61. The molecule has 1 aromatic rings. The first kappa shape index (κ1) is 13.0. The Morgan fingerprint density at radius 3 is 2.94 bits per heavy atom. The van der Waals surface area contributed by atoms with Crippen molar-refractivity contribution in [3.8, 4) is 0 Å². The number of nitrogens with zero attached hydrogens (tertiary/aromatic N) is 2. The van der Waals surface area contributed by atoms with E-state index in [2.05, 4.69) is 9.97 Å². The Balaban J connectivity index is 2.27. The second kappa shape index (κ2) is 5.02.